The van der Waals surface area contributed by atoms with Gasteiger partial charge in [-0.3, -0.25) is 4.79 Å². The number of rotatable bonds is 5. The number of hydrogen-bond donors (Lipinski definition) is 2. The van der Waals surface area contributed by atoms with Gasteiger partial charge in [0.1, 0.15) is 5.82 Å². The van der Waals surface area contributed by atoms with Crippen molar-refractivity contribution in [3.8, 4) is 0 Å². The molecule has 2 unspecified atom stereocenters. The fourth-order valence-electron chi connectivity index (χ4n) is 1.73. The van der Waals surface area contributed by atoms with Crippen molar-refractivity contribution in [3.63, 3.8) is 0 Å². The Balaban J connectivity index is 2.76. The van der Waals surface area contributed by atoms with Gasteiger partial charge in [-0.15, -0.1) is 0 Å². The zero-order valence-corrected chi connectivity index (χ0v) is 11.3. The average Bonchev–Trinajstić information content (AvgIpc) is 2.29. The molecule has 3 N–H and O–H groups in total. The van der Waals surface area contributed by atoms with Gasteiger partial charge in [-0.05, 0) is 19.4 Å². The molecule has 0 radical (unpaired) electrons. The van der Waals surface area contributed by atoms with Gasteiger partial charge in [-0.2, -0.15) is 0 Å². The lowest BCUT2D eigenvalue weighted by Crippen LogP contribution is -2.38. The molecule has 0 aliphatic rings. The number of halogens is 1. The van der Waals surface area contributed by atoms with Gasteiger partial charge in [0.05, 0.1) is 16.9 Å². The third kappa shape index (κ3) is 3.50. The van der Waals surface area contributed by atoms with E-state index < -0.39 is 12.0 Å². The molecule has 0 saturated heterocycles. The topological polar surface area (TPSA) is 55.1 Å². The Labute approximate surface area is 112 Å². The molecule has 0 spiro atoms. The predicted octanol–water partition coefficient (Wildman–Crippen LogP) is 2.32. The number of nitrogens with one attached hydrogen (secondary N) is 1. The van der Waals surface area contributed by atoms with Crippen molar-refractivity contribution in [2.24, 2.45) is 11.7 Å². The molecule has 1 amide bonds. The minimum absolute atomic E-state index is 0.163. The van der Waals surface area contributed by atoms with E-state index in [0.29, 0.717) is 12.0 Å². The third-order valence-corrected chi connectivity index (χ3v) is 3.08. The number of thiocarbonyl (C=S) groups is 1. The SMILES string of the molecule is CCC(C(=O)NC(C)c1ccccc1F)C(N)=S. The van der Waals surface area contributed by atoms with Crippen molar-refractivity contribution < 1.29 is 9.18 Å². The second-order valence-electron chi connectivity index (χ2n) is 4.11. The summed E-state index contributed by atoms with van der Waals surface area (Å²) in [6, 6.07) is 5.93. The smallest absolute Gasteiger partial charge is 0.230 e. The van der Waals surface area contributed by atoms with Gasteiger partial charge in [-0.25, -0.2) is 4.39 Å². The second kappa shape index (κ2) is 6.44. The first kappa shape index (κ1) is 14.6. The van der Waals surface area contributed by atoms with E-state index in [-0.39, 0.29) is 16.7 Å². The molecule has 0 aliphatic heterocycles. The van der Waals surface area contributed by atoms with E-state index in [1.807, 2.05) is 6.92 Å². The van der Waals surface area contributed by atoms with Crippen molar-refractivity contribution >= 4 is 23.1 Å². The van der Waals surface area contributed by atoms with Crippen LogP contribution >= 0.6 is 12.2 Å². The lowest BCUT2D eigenvalue weighted by atomic mass is 10.0. The minimum atomic E-state index is -0.505. The van der Waals surface area contributed by atoms with E-state index in [4.69, 9.17) is 18.0 Å². The lowest BCUT2D eigenvalue weighted by molar-refractivity contribution is -0.123. The maximum atomic E-state index is 13.5. The van der Waals surface area contributed by atoms with Gasteiger partial charge < -0.3 is 11.1 Å². The molecule has 2 atom stereocenters. The van der Waals surface area contributed by atoms with Crippen LogP contribution < -0.4 is 11.1 Å². The molecular weight excluding hydrogens is 251 g/mol. The molecule has 1 aromatic rings. The van der Waals surface area contributed by atoms with E-state index in [9.17, 15) is 9.18 Å². The highest BCUT2D eigenvalue weighted by molar-refractivity contribution is 7.80. The molecule has 0 aromatic heterocycles. The summed E-state index contributed by atoms with van der Waals surface area (Å²) >= 11 is 4.83. The Bertz CT molecular complexity index is 450. The van der Waals surface area contributed by atoms with E-state index in [0.717, 1.165) is 0 Å². The van der Waals surface area contributed by atoms with Crippen LogP contribution in [0.4, 0.5) is 4.39 Å². The largest absolute Gasteiger partial charge is 0.393 e. The highest BCUT2D eigenvalue weighted by Crippen LogP contribution is 2.17. The van der Waals surface area contributed by atoms with Crippen LogP contribution in [0, 0.1) is 11.7 Å². The summed E-state index contributed by atoms with van der Waals surface area (Å²) in [5, 5.41) is 2.72. The Kier molecular flexibility index (Phi) is 5.22. The van der Waals surface area contributed by atoms with Crippen molar-refractivity contribution in [2.75, 3.05) is 0 Å². The van der Waals surface area contributed by atoms with E-state index in [1.165, 1.54) is 6.07 Å². The Morgan fingerprint density at radius 2 is 2.11 bits per heavy atom. The van der Waals surface area contributed by atoms with Crippen LogP contribution in [0.3, 0.4) is 0 Å². The number of amides is 1. The molecule has 0 aliphatic carbocycles. The summed E-state index contributed by atoms with van der Waals surface area (Å²) in [6.45, 7) is 3.56. The molecule has 0 saturated carbocycles. The van der Waals surface area contributed by atoms with E-state index in [1.54, 1.807) is 25.1 Å². The van der Waals surface area contributed by atoms with Gasteiger partial charge in [-0.1, -0.05) is 37.3 Å². The summed E-state index contributed by atoms with van der Waals surface area (Å²) in [7, 11) is 0. The summed E-state index contributed by atoms with van der Waals surface area (Å²) in [5.41, 5.74) is 5.94. The number of carbonyl (C=O) groups is 1. The number of nitrogens with two attached hydrogens (primary N) is 1. The summed E-state index contributed by atoms with van der Waals surface area (Å²) in [6.07, 6.45) is 0.533. The van der Waals surface area contributed by atoms with Crippen LogP contribution in [-0.2, 0) is 4.79 Å². The highest BCUT2D eigenvalue weighted by Gasteiger charge is 2.22. The van der Waals surface area contributed by atoms with Crippen molar-refractivity contribution in [1.29, 1.82) is 0 Å². The number of benzene rings is 1. The van der Waals surface area contributed by atoms with Crippen molar-refractivity contribution in [3.05, 3.63) is 35.6 Å². The maximum Gasteiger partial charge on any atom is 0.230 e. The molecule has 5 heteroatoms. The molecule has 0 bridgehead atoms. The zero-order chi connectivity index (χ0) is 13.7. The maximum absolute atomic E-state index is 13.5. The first-order valence-corrected chi connectivity index (χ1v) is 6.22. The van der Waals surface area contributed by atoms with Crippen LogP contribution in [0.5, 0.6) is 0 Å². The Morgan fingerprint density at radius 1 is 1.50 bits per heavy atom. The third-order valence-electron chi connectivity index (χ3n) is 2.80. The van der Waals surface area contributed by atoms with Crippen LogP contribution in [0.25, 0.3) is 0 Å². The number of hydrogen-bond acceptors (Lipinski definition) is 2. The Morgan fingerprint density at radius 3 is 2.61 bits per heavy atom. The monoisotopic (exact) mass is 268 g/mol. The second-order valence-corrected chi connectivity index (χ2v) is 4.59. The van der Waals surface area contributed by atoms with Crippen molar-refractivity contribution in [2.45, 2.75) is 26.3 Å². The highest BCUT2D eigenvalue weighted by atomic mass is 32.1. The van der Waals surface area contributed by atoms with Gasteiger partial charge >= 0.3 is 0 Å². The standard InChI is InChI=1S/C13H17FN2OS/c1-3-9(12(15)18)13(17)16-8(2)10-6-4-5-7-11(10)14/h4-9H,3H2,1-2H3,(H2,15,18)(H,16,17). The zero-order valence-electron chi connectivity index (χ0n) is 10.4. The van der Waals surface area contributed by atoms with Gasteiger partial charge in [0.15, 0.2) is 0 Å². The van der Waals surface area contributed by atoms with Gasteiger partial charge in [0, 0.05) is 5.56 Å². The molecule has 98 valence electrons. The summed E-state index contributed by atoms with van der Waals surface area (Å²) < 4.78 is 13.5. The van der Waals surface area contributed by atoms with Gasteiger partial charge in [0.25, 0.3) is 0 Å². The average molecular weight is 268 g/mol. The molecule has 1 aromatic carbocycles. The first-order valence-electron chi connectivity index (χ1n) is 5.81. The van der Waals surface area contributed by atoms with Gasteiger partial charge in [0.2, 0.25) is 5.91 Å². The molecule has 0 heterocycles. The lowest BCUT2D eigenvalue weighted by Gasteiger charge is -2.19. The van der Waals surface area contributed by atoms with E-state index >= 15 is 0 Å². The molecular formula is C13H17FN2OS. The quantitative estimate of drug-likeness (QED) is 0.806. The fourth-order valence-corrected chi connectivity index (χ4v) is 2.01. The molecule has 18 heavy (non-hydrogen) atoms. The van der Waals surface area contributed by atoms with Crippen molar-refractivity contribution in [1.82, 2.24) is 5.32 Å². The Hall–Kier alpha value is -1.49. The van der Waals surface area contributed by atoms with Crippen LogP contribution in [0.15, 0.2) is 24.3 Å². The fraction of sp³-hybridized carbons (Fsp3) is 0.385. The van der Waals surface area contributed by atoms with Crippen LogP contribution in [0.2, 0.25) is 0 Å². The first-order chi connectivity index (χ1) is 8.47. The predicted molar refractivity (Wildman–Crippen MR) is 73.5 cm³/mol. The molecule has 3 nitrogen and oxygen atoms in total. The minimum Gasteiger partial charge on any atom is -0.393 e. The van der Waals surface area contributed by atoms with E-state index in [2.05, 4.69) is 5.32 Å². The van der Waals surface area contributed by atoms with Crippen LogP contribution in [-0.4, -0.2) is 10.9 Å². The molecule has 1 rings (SSSR count). The summed E-state index contributed by atoms with van der Waals surface area (Å²) in [4.78, 5) is 12.1. The summed E-state index contributed by atoms with van der Waals surface area (Å²) in [5.74, 6) is -1.11. The van der Waals surface area contributed by atoms with Crippen LogP contribution in [0.1, 0.15) is 31.9 Å². The number of carbonyl (C=O) groups excluding carboxylic acids is 1. The molecule has 0 fully saturated rings. The normalized spacial score (nSPS) is 13.7.